The lowest BCUT2D eigenvalue weighted by Crippen LogP contribution is -1.92. The number of benzene rings is 1. The lowest BCUT2D eigenvalue weighted by atomic mass is 10.3. The molecule has 13 heavy (non-hydrogen) atoms. The van der Waals surface area contributed by atoms with Crippen LogP contribution in [0, 0.1) is 0 Å². The normalized spacial score (nSPS) is 10.2. The van der Waals surface area contributed by atoms with Crippen molar-refractivity contribution in [3.05, 3.63) is 41.8 Å². The molecule has 0 bridgehead atoms. The van der Waals surface area contributed by atoms with Crippen LogP contribution in [-0.2, 0) is 0 Å². The highest BCUT2D eigenvalue weighted by Gasteiger charge is 2.05. The molecule has 0 amide bonds. The van der Waals surface area contributed by atoms with Crippen LogP contribution in [0.15, 0.2) is 36.7 Å². The summed E-state index contributed by atoms with van der Waals surface area (Å²) in [5.41, 5.74) is 6.47. The van der Waals surface area contributed by atoms with Crippen molar-refractivity contribution >= 4 is 17.4 Å². The molecule has 2 N–H and O–H groups in total. The summed E-state index contributed by atoms with van der Waals surface area (Å²) < 4.78 is 1.73. The quantitative estimate of drug-likeness (QED) is 0.754. The maximum Gasteiger partial charge on any atom is 0.161 e. The Kier molecular flexibility index (Phi) is 1.94. The third-order valence-electron chi connectivity index (χ3n) is 1.77. The summed E-state index contributed by atoms with van der Waals surface area (Å²) in [6.07, 6.45) is 1.60. The zero-order chi connectivity index (χ0) is 9.26. The van der Waals surface area contributed by atoms with Crippen molar-refractivity contribution in [1.29, 1.82) is 0 Å². The summed E-state index contributed by atoms with van der Waals surface area (Å²) in [5.74, 6) is 0.352. The van der Waals surface area contributed by atoms with Gasteiger partial charge in [-0.05, 0) is 12.1 Å². The Balaban J connectivity index is 2.53. The van der Waals surface area contributed by atoms with Gasteiger partial charge in [0.2, 0.25) is 0 Å². The van der Waals surface area contributed by atoms with E-state index in [0.717, 1.165) is 5.69 Å². The van der Waals surface area contributed by atoms with Crippen molar-refractivity contribution in [2.45, 2.75) is 0 Å². The average Bonchev–Trinajstić information content (AvgIpc) is 2.49. The highest BCUT2D eigenvalue weighted by atomic mass is 35.5. The fraction of sp³-hybridized carbons (Fsp3) is 0. The number of hydrogen-bond acceptors (Lipinski definition) is 2. The molecule has 1 aromatic heterocycles. The predicted octanol–water partition coefficient (Wildman–Crippen LogP) is 2.11. The largest absolute Gasteiger partial charge is 0.381 e. The fourth-order valence-corrected chi connectivity index (χ4v) is 1.31. The molecule has 0 atom stereocenters. The van der Waals surface area contributed by atoms with Gasteiger partial charge in [-0.3, -0.25) is 4.57 Å². The average molecular weight is 194 g/mol. The summed E-state index contributed by atoms with van der Waals surface area (Å²) in [5, 5.41) is 0.450. The molecule has 0 unspecified atom stereocenters. The summed E-state index contributed by atoms with van der Waals surface area (Å²) in [6, 6.07) is 9.68. The van der Waals surface area contributed by atoms with Gasteiger partial charge in [0.15, 0.2) is 11.0 Å². The molecule has 0 spiro atoms. The number of halogens is 1. The number of imidazole rings is 1. The van der Waals surface area contributed by atoms with Gasteiger partial charge in [0, 0.05) is 5.69 Å². The van der Waals surface area contributed by atoms with Gasteiger partial charge in [-0.25, -0.2) is 4.98 Å². The minimum Gasteiger partial charge on any atom is -0.381 e. The minimum absolute atomic E-state index is 0.352. The molecule has 3 nitrogen and oxygen atoms in total. The fourth-order valence-electron chi connectivity index (χ4n) is 1.12. The zero-order valence-electron chi connectivity index (χ0n) is 6.81. The van der Waals surface area contributed by atoms with Crippen LogP contribution in [0.1, 0.15) is 0 Å². The van der Waals surface area contributed by atoms with E-state index in [0.29, 0.717) is 11.0 Å². The Morgan fingerprint density at radius 1 is 1.23 bits per heavy atom. The first-order valence-corrected chi connectivity index (χ1v) is 4.20. The molecule has 0 saturated carbocycles. The molecule has 0 fully saturated rings. The predicted molar refractivity (Wildman–Crippen MR) is 53.0 cm³/mol. The van der Waals surface area contributed by atoms with Gasteiger partial charge in [-0.15, -0.1) is 0 Å². The van der Waals surface area contributed by atoms with E-state index in [9.17, 15) is 0 Å². The summed E-state index contributed by atoms with van der Waals surface area (Å²) in [7, 11) is 0. The Bertz CT molecular complexity index is 408. The van der Waals surface area contributed by atoms with Crippen molar-refractivity contribution in [3.8, 4) is 5.69 Å². The van der Waals surface area contributed by atoms with Gasteiger partial charge in [-0.2, -0.15) is 0 Å². The molecular weight excluding hydrogens is 186 g/mol. The van der Waals surface area contributed by atoms with Gasteiger partial charge >= 0.3 is 0 Å². The number of nitrogen functional groups attached to an aromatic ring is 1. The standard InChI is InChI=1S/C9H8ClN3/c10-8-9(11)12-6-13(8)7-4-2-1-3-5-7/h1-6H,11H2. The Labute approximate surface area is 80.8 Å². The van der Waals surface area contributed by atoms with Crippen LogP contribution in [-0.4, -0.2) is 9.55 Å². The molecule has 2 aromatic rings. The number of aromatic nitrogens is 2. The van der Waals surface area contributed by atoms with E-state index in [1.807, 2.05) is 30.3 Å². The smallest absolute Gasteiger partial charge is 0.161 e. The second kappa shape index (κ2) is 3.11. The van der Waals surface area contributed by atoms with Crippen LogP contribution >= 0.6 is 11.6 Å². The highest BCUT2D eigenvalue weighted by Crippen LogP contribution is 2.20. The summed E-state index contributed by atoms with van der Waals surface area (Å²) >= 11 is 5.92. The van der Waals surface area contributed by atoms with E-state index in [1.165, 1.54) is 0 Å². The summed E-state index contributed by atoms with van der Waals surface area (Å²) in [6.45, 7) is 0. The number of para-hydroxylation sites is 1. The van der Waals surface area contributed by atoms with E-state index in [2.05, 4.69) is 4.98 Å². The van der Waals surface area contributed by atoms with Crippen molar-refractivity contribution in [3.63, 3.8) is 0 Å². The first-order chi connectivity index (χ1) is 6.29. The zero-order valence-corrected chi connectivity index (χ0v) is 7.57. The van der Waals surface area contributed by atoms with Crippen LogP contribution in [0.2, 0.25) is 5.15 Å². The number of hydrogen-bond donors (Lipinski definition) is 1. The van der Waals surface area contributed by atoms with Gasteiger partial charge in [0.05, 0.1) is 0 Å². The van der Waals surface area contributed by atoms with E-state index in [-0.39, 0.29) is 0 Å². The molecule has 1 aromatic carbocycles. The van der Waals surface area contributed by atoms with Crippen molar-refractivity contribution in [2.75, 3.05) is 5.73 Å². The van der Waals surface area contributed by atoms with Crippen LogP contribution < -0.4 is 5.73 Å². The highest BCUT2D eigenvalue weighted by molar-refractivity contribution is 6.32. The van der Waals surface area contributed by atoms with Crippen LogP contribution in [0.5, 0.6) is 0 Å². The number of nitrogens with two attached hydrogens (primary N) is 1. The van der Waals surface area contributed by atoms with Crippen molar-refractivity contribution in [1.82, 2.24) is 9.55 Å². The number of anilines is 1. The number of nitrogens with zero attached hydrogens (tertiary/aromatic N) is 2. The van der Waals surface area contributed by atoms with Crippen LogP contribution in [0.25, 0.3) is 5.69 Å². The van der Waals surface area contributed by atoms with E-state index < -0.39 is 0 Å². The third kappa shape index (κ3) is 1.38. The molecule has 0 radical (unpaired) electrons. The van der Waals surface area contributed by atoms with Gasteiger partial charge in [-0.1, -0.05) is 29.8 Å². The topological polar surface area (TPSA) is 43.8 Å². The molecular formula is C9H8ClN3. The molecule has 0 aliphatic carbocycles. The molecule has 0 saturated heterocycles. The first kappa shape index (κ1) is 8.13. The van der Waals surface area contributed by atoms with Gasteiger partial charge < -0.3 is 5.73 Å². The monoisotopic (exact) mass is 193 g/mol. The molecule has 0 aliphatic heterocycles. The van der Waals surface area contributed by atoms with Crippen molar-refractivity contribution < 1.29 is 0 Å². The third-order valence-corrected chi connectivity index (χ3v) is 2.15. The molecule has 0 aliphatic rings. The minimum atomic E-state index is 0.352. The van der Waals surface area contributed by atoms with E-state index in [1.54, 1.807) is 10.9 Å². The molecule has 2 rings (SSSR count). The second-order valence-corrected chi connectivity index (χ2v) is 2.98. The van der Waals surface area contributed by atoms with E-state index >= 15 is 0 Å². The van der Waals surface area contributed by atoms with Crippen LogP contribution in [0.4, 0.5) is 5.82 Å². The van der Waals surface area contributed by atoms with Gasteiger partial charge in [0.1, 0.15) is 6.33 Å². The van der Waals surface area contributed by atoms with Gasteiger partial charge in [0.25, 0.3) is 0 Å². The number of rotatable bonds is 1. The SMILES string of the molecule is Nc1ncn(-c2ccccc2)c1Cl. The maximum absolute atomic E-state index is 5.92. The Hall–Kier alpha value is -1.48. The van der Waals surface area contributed by atoms with Crippen LogP contribution in [0.3, 0.4) is 0 Å². The molecule has 1 heterocycles. The Morgan fingerprint density at radius 2 is 1.92 bits per heavy atom. The first-order valence-electron chi connectivity index (χ1n) is 3.83. The maximum atomic E-state index is 5.92. The van der Waals surface area contributed by atoms with E-state index in [4.69, 9.17) is 17.3 Å². The molecule has 66 valence electrons. The summed E-state index contributed by atoms with van der Waals surface area (Å²) in [4.78, 5) is 3.90. The molecule has 4 heteroatoms. The Morgan fingerprint density at radius 3 is 2.46 bits per heavy atom. The lowest BCUT2D eigenvalue weighted by Gasteiger charge is -2.01. The second-order valence-electron chi connectivity index (χ2n) is 2.63. The van der Waals surface area contributed by atoms with Crippen molar-refractivity contribution in [2.24, 2.45) is 0 Å². The lowest BCUT2D eigenvalue weighted by molar-refractivity contribution is 1.06.